The van der Waals surface area contributed by atoms with Crippen LogP contribution in [0, 0.1) is 17.1 Å². The fourth-order valence-electron chi connectivity index (χ4n) is 3.78. The highest BCUT2D eigenvalue weighted by Gasteiger charge is 2.27. The molecule has 1 aliphatic rings. The van der Waals surface area contributed by atoms with Crippen molar-refractivity contribution in [1.29, 1.82) is 5.26 Å². The van der Waals surface area contributed by atoms with E-state index in [1.807, 2.05) is 29.2 Å². The lowest BCUT2D eigenvalue weighted by atomic mass is 10.0. The van der Waals surface area contributed by atoms with Gasteiger partial charge in [-0.05, 0) is 25.0 Å². The first-order valence-electron chi connectivity index (χ1n) is 8.42. The molecule has 0 radical (unpaired) electrons. The summed E-state index contributed by atoms with van der Waals surface area (Å²) in [5.41, 5.74) is 7.27. The third-order valence-corrected chi connectivity index (χ3v) is 4.81. The van der Waals surface area contributed by atoms with Gasteiger partial charge in [0.05, 0.1) is 23.3 Å². The highest BCUT2D eigenvalue weighted by Crippen LogP contribution is 2.38. The molecule has 1 atom stereocenters. The number of amides is 1. The maximum absolute atomic E-state index is 15.0. The second-order valence-electron chi connectivity index (χ2n) is 6.43. The van der Waals surface area contributed by atoms with E-state index in [9.17, 15) is 10.1 Å². The number of ether oxygens (including phenoxy) is 1. The smallest absolute Gasteiger partial charge is 0.404 e. The monoisotopic (exact) mass is 352 g/mol. The van der Waals surface area contributed by atoms with Gasteiger partial charge >= 0.3 is 6.09 Å². The normalized spacial score (nSPS) is 17.4. The number of aromatic amines is 1. The molecule has 0 spiro atoms. The van der Waals surface area contributed by atoms with Crippen LogP contribution in [0.3, 0.4) is 0 Å². The molecule has 0 saturated carbocycles. The molecule has 4 rings (SSSR count). The van der Waals surface area contributed by atoms with Gasteiger partial charge in [0, 0.05) is 22.8 Å². The molecule has 2 heterocycles. The van der Waals surface area contributed by atoms with Gasteiger partial charge in [0.1, 0.15) is 18.0 Å². The van der Waals surface area contributed by atoms with Crippen molar-refractivity contribution < 1.29 is 13.9 Å². The van der Waals surface area contributed by atoms with E-state index >= 15 is 4.39 Å². The maximum atomic E-state index is 15.0. The molecule has 1 saturated heterocycles. The summed E-state index contributed by atoms with van der Waals surface area (Å²) in [5, 5.41) is 10.9. The molecule has 0 bridgehead atoms. The molecule has 132 valence electrons. The number of primary amides is 1. The minimum Gasteiger partial charge on any atom is -0.445 e. The predicted molar refractivity (Wildman–Crippen MR) is 96.4 cm³/mol. The summed E-state index contributed by atoms with van der Waals surface area (Å²) in [6.45, 7) is 0.996. The van der Waals surface area contributed by atoms with E-state index in [0.29, 0.717) is 36.1 Å². The third kappa shape index (κ3) is 2.60. The van der Waals surface area contributed by atoms with Crippen molar-refractivity contribution in [2.75, 3.05) is 18.0 Å². The summed E-state index contributed by atoms with van der Waals surface area (Å²) in [5.74, 6) is -0.460. The summed E-state index contributed by atoms with van der Waals surface area (Å²) in [6.07, 6.45) is 0.237. The number of piperidine rings is 1. The number of H-pyrrole nitrogens is 1. The molecule has 6 nitrogen and oxygen atoms in total. The van der Waals surface area contributed by atoms with Crippen molar-refractivity contribution in [2.45, 2.75) is 18.9 Å². The Morgan fingerprint density at radius 2 is 2.23 bits per heavy atom. The van der Waals surface area contributed by atoms with Crippen LogP contribution in [-0.4, -0.2) is 30.3 Å². The first kappa shape index (κ1) is 16.2. The van der Waals surface area contributed by atoms with Gasteiger partial charge in [0.15, 0.2) is 0 Å². The highest BCUT2D eigenvalue weighted by atomic mass is 19.1. The summed E-state index contributed by atoms with van der Waals surface area (Å²) in [7, 11) is 0. The molecule has 26 heavy (non-hydrogen) atoms. The summed E-state index contributed by atoms with van der Waals surface area (Å²) < 4.78 is 20.1. The molecular formula is C19H17FN4O2. The van der Waals surface area contributed by atoms with E-state index in [1.54, 1.807) is 0 Å². The Kier molecular flexibility index (Phi) is 3.88. The Bertz CT molecular complexity index is 1050. The van der Waals surface area contributed by atoms with Crippen molar-refractivity contribution in [1.82, 2.24) is 4.98 Å². The first-order chi connectivity index (χ1) is 12.6. The molecule has 1 amide bonds. The average Bonchev–Trinajstić information content (AvgIpc) is 3.00. The zero-order valence-electron chi connectivity index (χ0n) is 14.0. The number of carbonyl (C=O) groups excluding carboxylic acids is 1. The number of fused-ring (bicyclic) bond motifs is 3. The lowest BCUT2D eigenvalue weighted by Crippen LogP contribution is -2.41. The number of para-hydroxylation sites is 1. The minimum atomic E-state index is -0.825. The van der Waals surface area contributed by atoms with Crippen LogP contribution in [0.5, 0.6) is 0 Å². The van der Waals surface area contributed by atoms with Gasteiger partial charge in [-0.15, -0.1) is 0 Å². The number of rotatable bonds is 2. The molecule has 0 aliphatic carbocycles. The fraction of sp³-hybridized carbons (Fsp3) is 0.263. The Morgan fingerprint density at radius 1 is 1.42 bits per heavy atom. The van der Waals surface area contributed by atoms with Crippen molar-refractivity contribution >= 4 is 33.6 Å². The van der Waals surface area contributed by atoms with Gasteiger partial charge in [-0.2, -0.15) is 5.26 Å². The molecular weight excluding hydrogens is 335 g/mol. The zero-order chi connectivity index (χ0) is 18.3. The van der Waals surface area contributed by atoms with E-state index in [0.717, 1.165) is 17.3 Å². The summed E-state index contributed by atoms with van der Waals surface area (Å²) in [6, 6.07) is 10.9. The number of halogens is 1. The number of hydrogen-bond acceptors (Lipinski definition) is 4. The zero-order valence-corrected chi connectivity index (χ0v) is 14.0. The van der Waals surface area contributed by atoms with Crippen molar-refractivity contribution in [3.05, 3.63) is 41.7 Å². The van der Waals surface area contributed by atoms with Gasteiger partial charge in [0.25, 0.3) is 0 Å². The van der Waals surface area contributed by atoms with Gasteiger partial charge in [-0.25, -0.2) is 9.18 Å². The van der Waals surface area contributed by atoms with Crippen LogP contribution < -0.4 is 10.6 Å². The number of nitrogens with one attached hydrogen (secondary N) is 1. The number of nitrogens with zero attached hydrogens (tertiary/aromatic N) is 2. The number of carbonyl (C=O) groups is 1. The Balaban J connectivity index is 1.90. The third-order valence-electron chi connectivity index (χ3n) is 4.81. The Labute approximate surface area is 148 Å². The largest absolute Gasteiger partial charge is 0.445 e. The van der Waals surface area contributed by atoms with Crippen LogP contribution in [0.15, 0.2) is 30.3 Å². The summed E-state index contributed by atoms with van der Waals surface area (Å²) in [4.78, 5) is 16.2. The average molecular weight is 352 g/mol. The number of anilines is 1. The van der Waals surface area contributed by atoms with E-state index in [2.05, 4.69) is 11.1 Å². The molecule has 1 unspecified atom stereocenters. The van der Waals surface area contributed by atoms with Crippen molar-refractivity contribution in [2.24, 2.45) is 5.73 Å². The molecule has 1 aliphatic heterocycles. The van der Waals surface area contributed by atoms with E-state index in [4.69, 9.17) is 10.5 Å². The molecule has 3 aromatic rings. The van der Waals surface area contributed by atoms with Crippen LogP contribution in [-0.2, 0) is 4.74 Å². The molecule has 3 N–H and O–H groups in total. The Hall–Kier alpha value is -3.27. The molecule has 7 heteroatoms. The lowest BCUT2D eigenvalue weighted by Gasteiger charge is -2.34. The van der Waals surface area contributed by atoms with E-state index < -0.39 is 11.9 Å². The van der Waals surface area contributed by atoms with Crippen molar-refractivity contribution in [3.63, 3.8) is 0 Å². The van der Waals surface area contributed by atoms with Crippen LogP contribution in [0.1, 0.15) is 18.4 Å². The molecule has 1 fully saturated rings. The van der Waals surface area contributed by atoms with Gasteiger partial charge in [-0.3, -0.25) is 0 Å². The van der Waals surface area contributed by atoms with Gasteiger partial charge < -0.3 is 20.4 Å². The molecule has 1 aromatic heterocycles. The second-order valence-corrected chi connectivity index (χ2v) is 6.43. The number of nitriles is 1. The first-order valence-corrected chi connectivity index (χ1v) is 8.42. The minimum absolute atomic E-state index is 0.263. The number of benzene rings is 2. The SMILES string of the molecule is N#Cc1cc(F)c(N2CCCC(OC(N)=O)C2)c2c1[nH]c1ccccc12. The fourth-order valence-corrected chi connectivity index (χ4v) is 3.78. The van der Waals surface area contributed by atoms with Crippen LogP contribution in [0.2, 0.25) is 0 Å². The van der Waals surface area contributed by atoms with Gasteiger partial charge in [0.2, 0.25) is 0 Å². The van der Waals surface area contributed by atoms with Gasteiger partial charge in [-0.1, -0.05) is 18.2 Å². The number of hydrogen-bond donors (Lipinski definition) is 2. The topological polar surface area (TPSA) is 95.1 Å². The Morgan fingerprint density at radius 3 is 3.00 bits per heavy atom. The highest BCUT2D eigenvalue weighted by molar-refractivity contribution is 6.15. The standard InChI is InChI=1S/C19H17FN4O2/c20-14-8-11(9-21)17-16(13-5-1-2-6-15(13)23-17)18(14)24-7-3-4-12(10-24)26-19(22)25/h1-2,5-6,8,12,23H,3-4,7,10H2,(H2,22,25). The van der Waals surface area contributed by atoms with Crippen molar-refractivity contribution in [3.8, 4) is 6.07 Å². The quantitative estimate of drug-likeness (QED) is 0.739. The van der Waals surface area contributed by atoms with E-state index in [-0.39, 0.29) is 11.7 Å². The molecule has 2 aromatic carbocycles. The predicted octanol–water partition coefficient (Wildman–Crippen LogP) is 3.40. The number of nitrogens with two attached hydrogens (primary N) is 1. The lowest BCUT2D eigenvalue weighted by molar-refractivity contribution is 0.0965. The maximum Gasteiger partial charge on any atom is 0.404 e. The second kappa shape index (κ2) is 6.23. The summed E-state index contributed by atoms with van der Waals surface area (Å²) >= 11 is 0. The van der Waals surface area contributed by atoms with Crippen LogP contribution in [0.25, 0.3) is 21.8 Å². The number of aromatic nitrogens is 1. The van der Waals surface area contributed by atoms with E-state index in [1.165, 1.54) is 6.07 Å². The van der Waals surface area contributed by atoms with Crippen LogP contribution >= 0.6 is 0 Å². The van der Waals surface area contributed by atoms with Crippen LogP contribution in [0.4, 0.5) is 14.9 Å².